The van der Waals surface area contributed by atoms with Gasteiger partial charge in [-0.15, -0.1) is 0 Å². The first kappa shape index (κ1) is 25.1. The normalized spacial score (nSPS) is 12.1. The largest absolute Gasteiger partial charge is 0.352 e. The van der Waals surface area contributed by atoms with Crippen molar-refractivity contribution in [2.75, 3.05) is 0 Å². The maximum Gasteiger partial charge on any atom is 0.243 e. The lowest BCUT2D eigenvalue weighted by atomic mass is 10.00. The average Bonchev–Trinajstić information content (AvgIpc) is 2.78. The van der Waals surface area contributed by atoms with Gasteiger partial charge in [-0.05, 0) is 60.7 Å². The van der Waals surface area contributed by atoms with E-state index < -0.39 is 6.04 Å². The summed E-state index contributed by atoms with van der Waals surface area (Å²) in [5.74, 6) is -0.240. The topological polar surface area (TPSA) is 49.4 Å². The molecule has 0 aliphatic heterocycles. The summed E-state index contributed by atoms with van der Waals surface area (Å²) in [6.45, 7) is 5.98. The number of fused-ring (bicyclic) bond motifs is 1. The molecule has 1 atom stereocenters. The molecule has 0 unspecified atom stereocenters. The second-order valence-electron chi connectivity index (χ2n) is 8.48. The molecular weight excluding hydrogens is 455 g/mol. The van der Waals surface area contributed by atoms with E-state index in [9.17, 15) is 9.59 Å². The molecule has 0 saturated carbocycles. The van der Waals surface area contributed by atoms with Crippen LogP contribution in [-0.2, 0) is 22.6 Å². The molecule has 0 aliphatic carbocycles. The predicted molar refractivity (Wildman–Crippen MR) is 137 cm³/mol. The Morgan fingerprint density at radius 2 is 1.70 bits per heavy atom. The summed E-state index contributed by atoms with van der Waals surface area (Å²) in [5, 5.41) is 6.25. The van der Waals surface area contributed by atoms with Crippen LogP contribution >= 0.6 is 23.2 Å². The Kier molecular flexibility index (Phi) is 8.76. The monoisotopic (exact) mass is 484 g/mol. The van der Waals surface area contributed by atoms with Gasteiger partial charge in [-0.3, -0.25) is 9.59 Å². The van der Waals surface area contributed by atoms with Crippen LogP contribution < -0.4 is 5.32 Å². The first-order valence-electron chi connectivity index (χ1n) is 11.3. The Morgan fingerprint density at radius 1 is 0.970 bits per heavy atom. The van der Waals surface area contributed by atoms with Gasteiger partial charge in [0, 0.05) is 29.1 Å². The van der Waals surface area contributed by atoms with Crippen molar-refractivity contribution in [2.24, 2.45) is 0 Å². The first-order chi connectivity index (χ1) is 15.8. The molecule has 6 heteroatoms. The second-order valence-corrected chi connectivity index (χ2v) is 9.33. The number of halogens is 2. The van der Waals surface area contributed by atoms with Gasteiger partial charge in [0.15, 0.2) is 0 Å². The van der Waals surface area contributed by atoms with Gasteiger partial charge in [0.25, 0.3) is 0 Å². The molecule has 0 fully saturated rings. The number of rotatable bonds is 9. The minimum absolute atomic E-state index is 0.0155. The van der Waals surface area contributed by atoms with E-state index in [1.807, 2.05) is 45.0 Å². The van der Waals surface area contributed by atoms with Gasteiger partial charge < -0.3 is 10.2 Å². The van der Waals surface area contributed by atoms with E-state index in [1.54, 1.807) is 17.0 Å². The van der Waals surface area contributed by atoms with Crippen molar-refractivity contribution in [3.63, 3.8) is 0 Å². The molecule has 174 valence electrons. The third-order valence-corrected chi connectivity index (χ3v) is 6.25. The van der Waals surface area contributed by atoms with Crippen LogP contribution in [0.4, 0.5) is 0 Å². The molecule has 0 radical (unpaired) electrons. The van der Waals surface area contributed by atoms with E-state index in [1.165, 1.54) is 0 Å². The molecule has 3 aromatic carbocycles. The van der Waals surface area contributed by atoms with Gasteiger partial charge in [0.05, 0.1) is 0 Å². The molecule has 4 nitrogen and oxygen atoms in total. The lowest BCUT2D eigenvalue weighted by Gasteiger charge is -2.31. The van der Waals surface area contributed by atoms with Crippen molar-refractivity contribution in [1.82, 2.24) is 10.2 Å². The van der Waals surface area contributed by atoms with Gasteiger partial charge >= 0.3 is 0 Å². The fraction of sp³-hybridized carbons (Fsp3) is 0.333. The molecule has 0 spiro atoms. The first-order valence-corrected chi connectivity index (χ1v) is 12.1. The molecule has 3 rings (SSSR count). The fourth-order valence-corrected chi connectivity index (χ4v) is 4.50. The number of aryl methyl sites for hydroxylation is 1. The summed E-state index contributed by atoms with van der Waals surface area (Å²) >= 11 is 12.5. The minimum Gasteiger partial charge on any atom is -0.352 e. The highest BCUT2D eigenvalue weighted by Crippen LogP contribution is 2.25. The zero-order valence-corrected chi connectivity index (χ0v) is 20.8. The molecule has 2 amide bonds. The highest BCUT2D eigenvalue weighted by molar-refractivity contribution is 6.35. The van der Waals surface area contributed by atoms with Gasteiger partial charge in [0.1, 0.15) is 6.04 Å². The summed E-state index contributed by atoms with van der Waals surface area (Å²) in [6, 6.07) is 18.9. The van der Waals surface area contributed by atoms with Crippen molar-refractivity contribution >= 4 is 45.8 Å². The number of hydrogen-bond acceptors (Lipinski definition) is 2. The van der Waals surface area contributed by atoms with E-state index >= 15 is 0 Å². The number of amides is 2. The van der Waals surface area contributed by atoms with Crippen molar-refractivity contribution < 1.29 is 9.59 Å². The number of nitrogens with zero attached hydrogens (tertiary/aromatic N) is 1. The maximum absolute atomic E-state index is 13.5. The number of carbonyl (C=O) groups excluding carboxylic acids is 2. The van der Waals surface area contributed by atoms with Crippen molar-refractivity contribution in [1.29, 1.82) is 0 Å². The van der Waals surface area contributed by atoms with Crippen LogP contribution in [0.1, 0.15) is 44.7 Å². The van der Waals surface area contributed by atoms with Gasteiger partial charge in [0.2, 0.25) is 11.8 Å². The quantitative estimate of drug-likeness (QED) is 0.381. The van der Waals surface area contributed by atoms with Gasteiger partial charge in [-0.25, -0.2) is 0 Å². The van der Waals surface area contributed by atoms with Crippen molar-refractivity contribution in [3.8, 4) is 0 Å². The molecular formula is C27H30Cl2N2O2. The fourth-order valence-electron chi connectivity index (χ4n) is 4.03. The Morgan fingerprint density at radius 3 is 2.39 bits per heavy atom. The standard InChI is InChI=1S/C27H30Cl2N2O2/c1-4-25(27(33)30-18(2)3)31(17-21-12-14-22(28)16-24(21)29)26(32)15-13-20-10-7-9-19-8-5-6-11-23(19)20/h5-12,14,16,18,25H,4,13,15,17H2,1-3H3,(H,30,33)/t25-/m1/s1. The van der Waals surface area contributed by atoms with Crippen LogP contribution in [0.2, 0.25) is 10.0 Å². The Balaban J connectivity index is 1.86. The average molecular weight is 485 g/mol. The zero-order chi connectivity index (χ0) is 24.0. The summed E-state index contributed by atoms with van der Waals surface area (Å²) in [5.41, 5.74) is 1.88. The van der Waals surface area contributed by atoms with Crippen molar-refractivity contribution in [2.45, 2.75) is 58.7 Å². The second kappa shape index (κ2) is 11.5. The predicted octanol–water partition coefficient (Wildman–Crippen LogP) is 6.41. The van der Waals surface area contributed by atoms with Gasteiger partial charge in [-0.2, -0.15) is 0 Å². The SMILES string of the molecule is CC[C@H](C(=O)NC(C)C)N(Cc1ccc(Cl)cc1Cl)C(=O)CCc1cccc2ccccc12. The molecule has 0 aliphatic rings. The smallest absolute Gasteiger partial charge is 0.243 e. The summed E-state index contributed by atoms with van der Waals surface area (Å²) < 4.78 is 0. The van der Waals surface area contributed by atoms with Gasteiger partial charge in [-0.1, -0.05) is 78.7 Å². The Labute approximate surface area is 205 Å². The van der Waals surface area contributed by atoms with Crippen LogP contribution in [0.25, 0.3) is 10.8 Å². The Hall–Kier alpha value is -2.56. The maximum atomic E-state index is 13.5. The highest BCUT2D eigenvalue weighted by Gasteiger charge is 2.29. The van der Waals surface area contributed by atoms with Crippen molar-refractivity contribution in [3.05, 3.63) is 81.8 Å². The lowest BCUT2D eigenvalue weighted by Crippen LogP contribution is -2.50. The number of nitrogens with one attached hydrogen (secondary N) is 1. The van der Waals surface area contributed by atoms with E-state index in [0.29, 0.717) is 29.3 Å². The zero-order valence-electron chi connectivity index (χ0n) is 19.3. The molecule has 33 heavy (non-hydrogen) atoms. The van der Waals surface area contributed by atoms with E-state index in [2.05, 4.69) is 29.6 Å². The lowest BCUT2D eigenvalue weighted by molar-refractivity contribution is -0.141. The minimum atomic E-state index is -0.584. The number of hydrogen-bond donors (Lipinski definition) is 1. The van der Waals surface area contributed by atoms with E-state index in [0.717, 1.165) is 21.9 Å². The van der Waals surface area contributed by atoms with Crippen LogP contribution in [0.3, 0.4) is 0 Å². The molecule has 0 heterocycles. The number of carbonyl (C=O) groups is 2. The number of benzene rings is 3. The van der Waals surface area contributed by atoms with E-state index in [4.69, 9.17) is 23.2 Å². The molecule has 0 aromatic heterocycles. The van der Waals surface area contributed by atoms with Crippen LogP contribution in [0, 0.1) is 0 Å². The summed E-state index contributed by atoms with van der Waals surface area (Å²) in [6.07, 6.45) is 1.39. The molecule has 0 saturated heterocycles. The van der Waals surface area contributed by atoms with Crippen LogP contribution in [-0.4, -0.2) is 28.8 Å². The van der Waals surface area contributed by atoms with E-state index in [-0.39, 0.29) is 24.4 Å². The Bertz CT molecular complexity index is 1120. The summed E-state index contributed by atoms with van der Waals surface area (Å²) in [7, 11) is 0. The third kappa shape index (κ3) is 6.49. The van der Waals surface area contributed by atoms with Crippen LogP contribution in [0.5, 0.6) is 0 Å². The highest BCUT2D eigenvalue weighted by atomic mass is 35.5. The summed E-state index contributed by atoms with van der Waals surface area (Å²) in [4.78, 5) is 28.1. The third-order valence-electron chi connectivity index (χ3n) is 5.66. The molecule has 3 aromatic rings. The molecule has 1 N–H and O–H groups in total. The van der Waals surface area contributed by atoms with Crippen LogP contribution in [0.15, 0.2) is 60.7 Å². The molecule has 0 bridgehead atoms.